The van der Waals surface area contributed by atoms with E-state index in [4.69, 9.17) is 23.2 Å². The monoisotopic (exact) mass is 324 g/mol. The largest absolute Gasteiger partial charge is 0.388 e. The van der Waals surface area contributed by atoms with Crippen LogP contribution in [0.15, 0.2) is 18.2 Å². The topological polar surface area (TPSA) is 20.2 Å². The number of hydrogen-bond acceptors (Lipinski definition) is 1. The van der Waals surface area contributed by atoms with Crippen LogP contribution in [-0.2, 0) is 0 Å². The maximum Gasteiger partial charge on any atom is 0.0810 e. The normalized spacial score (nSPS) is 38.7. The molecule has 0 radical (unpaired) electrons. The molecule has 4 fully saturated rings. The molecule has 3 heteroatoms. The van der Waals surface area contributed by atoms with E-state index in [1.54, 1.807) is 6.07 Å². The third-order valence-corrected chi connectivity index (χ3v) is 6.97. The Kier molecular flexibility index (Phi) is 3.52. The number of halogens is 2. The molecule has 0 heterocycles. The number of aliphatic hydroxyl groups excluding tert-OH is 1. The van der Waals surface area contributed by atoms with Crippen molar-refractivity contribution in [3.8, 4) is 0 Å². The van der Waals surface area contributed by atoms with E-state index in [9.17, 15) is 5.11 Å². The lowest BCUT2D eigenvalue weighted by atomic mass is 9.48. The van der Waals surface area contributed by atoms with Gasteiger partial charge in [-0.05, 0) is 74.2 Å². The van der Waals surface area contributed by atoms with Crippen LogP contribution in [0.5, 0.6) is 0 Å². The summed E-state index contributed by atoms with van der Waals surface area (Å²) in [7, 11) is 0. The minimum Gasteiger partial charge on any atom is -0.388 e. The maximum absolute atomic E-state index is 10.7. The van der Waals surface area contributed by atoms with Crippen molar-refractivity contribution in [2.45, 2.75) is 51.0 Å². The quantitative estimate of drug-likeness (QED) is 0.763. The summed E-state index contributed by atoms with van der Waals surface area (Å²) in [4.78, 5) is 0. The molecule has 1 unspecified atom stereocenters. The highest BCUT2D eigenvalue weighted by Gasteiger charge is 2.51. The van der Waals surface area contributed by atoms with Crippen molar-refractivity contribution in [2.24, 2.45) is 23.2 Å². The molecule has 0 spiro atoms. The van der Waals surface area contributed by atoms with Crippen LogP contribution < -0.4 is 0 Å². The van der Waals surface area contributed by atoms with Gasteiger partial charge in [-0.1, -0.05) is 35.3 Å². The molecule has 4 saturated carbocycles. The third kappa shape index (κ3) is 2.52. The molecular formula is C18H22Cl2O. The molecule has 21 heavy (non-hydrogen) atoms. The Labute approximate surface area is 136 Å². The second kappa shape index (κ2) is 5.15. The average molecular weight is 325 g/mol. The molecule has 0 amide bonds. The molecule has 1 aromatic carbocycles. The standard InChI is InChI=1S/C18H22Cl2O/c19-15-3-1-2-14(17(15)20)16(21)10-18-7-11-4-12(8-18)6-13(5-11)9-18/h1-3,11-13,16,21H,4-10H2. The Bertz CT molecular complexity index is 519. The zero-order valence-corrected chi connectivity index (χ0v) is 13.7. The molecule has 1 nitrogen and oxygen atoms in total. The van der Waals surface area contributed by atoms with Gasteiger partial charge in [0.1, 0.15) is 0 Å². The van der Waals surface area contributed by atoms with Crippen molar-refractivity contribution in [3.05, 3.63) is 33.8 Å². The molecule has 0 aliphatic heterocycles. The lowest BCUT2D eigenvalue weighted by molar-refractivity contribution is -0.0764. The van der Waals surface area contributed by atoms with Crippen LogP contribution >= 0.6 is 23.2 Å². The van der Waals surface area contributed by atoms with E-state index in [1.165, 1.54) is 38.5 Å². The lowest BCUT2D eigenvalue weighted by Gasteiger charge is -2.57. The Morgan fingerprint density at radius 1 is 1.05 bits per heavy atom. The van der Waals surface area contributed by atoms with Gasteiger partial charge in [-0.3, -0.25) is 0 Å². The number of rotatable bonds is 3. The summed E-state index contributed by atoms with van der Waals surface area (Å²) in [5.74, 6) is 2.75. The predicted octanol–water partition coefficient (Wildman–Crippen LogP) is 5.63. The summed E-state index contributed by atoms with van der Waals surface area (Å²) >= 11 is 12.4. The Hall–Kier alpha value is -0.240. The molecule has 114 valence electrons. The second-order valence-electron chi connectivity index (χ2n) is 7.78. The molecule has 1 aromatic rings. The van der Waals surface area contributed by atoms with E-state index in [0.717, 1.165) is 29.7 Å². The smallest absolute Gasteiger partial charge is 0.0810 e. The van der Waals surface area contributed by atoms with Crippen LogP contribution in [0.4, 0.5) is 0 Å². The minimum atomic E-state index is -0.479. The van der Waals surface area contributed by atoms with Crippen LogP contribution in [0.1, 0.15) is 56.6 Å². The zero-order valence-electron chi connectivity index (χ0n) is 12.2. The van der Waals surface area contributed by atoms with Crippen LogP contribution in [0.3, 0.4) is 0 Å². The second-order valence-corrected chi connectivity index (χ2v) is 8.57. The first-order valence-electron chi connectivity index (χ1n) is 8.17. The van der Waals surface area contributed by atoms with Gasteiger partial charge in [0.05, 0.1) is 16.1 Å². The molecule has 1 N–H and O–H groups in total. The lowest BCUT2D eigenvalue weighted by Crippen LogP contribution is -2.46. The number of hydrogen-bond donors (Lipinski definition) is 1. The van der Waals surface area contributed by atoms with Crippen molar-refractivity contribution >= 4 is 23.2 Å². The van der Waals surface area contributed by atoms with Crippen molar-refractivity contribution < 1.29 is 5.11 Å². The first-order chi connectivity index (χ1) is 10.0. The van der Waals surface area contributed by atoms with E-state index >= 15 is 0 Å². The average Bonchev–Trinajstić information content (AvgIpc) is 2.39. The van der Waals surface area contributed by atoms with Crippen molar-refractivity contribution in [1.82, 2.24) is 0 Å². The van der Waals surface area contributed by atoms with Gasteiger partial charge in [-0.2, -0.15) is 0 Å². The zero-order chi connectivity index (χ0) is 14.6. The van der Waals surface area contributed by atoms with E-state index in [-0.39, 0.29) is 0 Å². The number of benzene rings is 1. The highest BCUT2D eigenvalue weighted by Crippen LogP contribution is 2.62. The summed E-state index contributed by atoms with van der Waals surface area (Å²) in [6.45, 7) is 0. The van der Waals surface area contributed by atoms with Gasteiger partial charge in [0.15, 0.2) is 0 Å². The summed E-state index contributed by atoms with van der Waals surface area (Å²) in [6.07, 6.45) is 8.63. The molecular weight excluding hydrogens is 303 g/mol. The van der Waals surface area contributed by atoms with Gasteiger partial charge in [0, 0.05) is 5.56 Å². The fourth-order valence-corrected chi connectivity index (χ4v) is 6.27. The van der Waals surface area contributed by atoms with Crippen molar-refractivity contribution in [2.75, 3.05) is 0 Å². The van der Waals surface area contributed by atoms with Crippen LogP contribution in [0.25, 0.3) is 0 Å². The Morgan fingerprint density at radius 3 is 2.19 bits per heavy atom. The predicted molar refractivity (Wildman–Crippen MR) is 86.6 cm³/mol. The summed E-state index contributed by atoms with van der Waals surface area (Å²) in [6, 6.07) is 5.58. The molecule has 0 aromatic heterocycles. The highest BCUT2D eigenvalue weighted by atomic mass is 35.5. The third-order valence-electron chi connectivity index (χ3n) is 6.13. The first-order valence-corrected chi connectivity index (χ1v) is 8.92. The van der Waals surface area contributed by atoms with Gasteiger partial charge in [-0.15, -0.1) is 0 Å². The summed E-state index contributed by atoms with van der Waals surface area (Å²) < 4.78 is 0. The SMILES string of the molecule is OC(CC12CC3CC(CC(C3)C1)C2)c1cccc(Cl)c1Cl. The van der Waals surface area contributed by atoms with E-state index < -0.39 is 6.10 Å². The molecule has 1 atom stereocenters. The molecule has 5 rings (SSSR count). The highest BCUT2D eigenvalue weighted by molar-refractivity contribution is 6.42. The summed E-state index contributed by atoms with van der Waals surface area (Å²) in [5, 5.41) is 11.8. The van der Waals surface area contributed by atoms with Crippen molar-refractivity contribution in [1.29, 1.82) is 0 Å². The minimum absolute atomic E-state index is 0.361. The van der Waals surface area contributed by atoms with E-state index in [1.807, 2.05) is 12.1 Å². The maximum atomic E-state index is 10.7. The van der Waals surface area contributed by atoms with E-state index in [0.29, 0.717) is 15.5 Å². The fraction of sp³-hybridized carbons (Fsp3) is 0.667. The number of aliphatic hydroxyl groups is 1. The fourth-order valence-electron chi connectivity index (χ4n) is 5.84. The van der Waals surface area contributed by atoms with Gasteiger partial charge >= 0.3 is 0 Å². The van der Waals surface area contributed by atoms with Gasteiger partial charge < -0.3 is 5.11 Å². The van der Waals surface area contributed by atoms with Crippen LogP contribution in [0.2, 0.25) is 10.0 Å². The van der Waals surface area contributed by atoms with E-state index in [2.05, 4.69) is 0 Å². The molecule has 4 aliphatic carbocycles. The summed E-state index contributed by atoms with van der Waals surface area (Å²) in [5.41, 5.74) is 1.17. The van der Waals surface area contributed by atoms with Crippen LogP contribution in [-0.4, -0.2) is 5.11 Å². The van der Waals surface area contributed by atoms with Crippen molar-refractivity contribution in [3.63, 3.8) is 0 Å². The Morgan fingerprint density at radius 2 is 1.62 bits per heavy atom. The molecule has 4 aliphatic rings. The first kappa shape index (κ1) is 14.4. The van der Waals surface area contributed by atoms with Crippen LogP contribution in [0, 0.1) is 23.2 Å². The van der Waals surface area contributed by atoms with Gasteiger partial charge in [0.2, 0.25) is 0 Å². The Balaban J connectivity index is 1.57. The molecule has 4 bridgehead atoms. The van der Waals surface area contributed by atoms with Gasteiger partial charge in [-0.25, -0.2) is 0 Å². The van der Waals surface area contributed by atoms with Gasteiger partial charge in [0.25, 0.3) is 0 Å². The molecule has 0 saturated heterocycles.